The molecule has 0 radical (unpaired) electrons. The van der Waals surface area contributed by atoms with Crippen LogP contribution >= 0.6 is 0 Å². The Kier molecular flexibility index (Phi) is 2.65. The van der Waals surface area contributed by atoms with Crippen LogP contribution in [-0.4, -0.2) is 23.8 Å². The number of rotatable bonds is 3. The molecule has 1 fully saturated rings. The maximum absolute atomic E-state index is 5.17. The molecule has 1 aromatic carbocycles. The van der Waals surface area contributed by atoms with Gasteiger partial charge in [-0.1, -0.05) is 18.2 Å². The summed E-state index contributed by atoms with van der Waals surface area (Å²) in [6.45, 7) is 4.83. The van der Waals surface area contributed by atoms with E-state index in [2.05, 4.69) is 48.1 Å². The summed E-state index contributed by atoms with van der Waals surface area (Å²) >= 11 is 0. The zero-order chi connectivity index (χ0) is 11.8. The van der Waals surface area contributed by atoms with E-state index in [-0.39, 0.29) is 0 Å². The Balaban J connectivity index is 1.92. The van der Waals surface area contributed by atoms with Gasteiger partial charge in [0, 0.05) is 30.2 Å². The van der Waals surface area contributed by atoms with E-state index in [1.54, 1.807) is 0 Å². The van der Waals surface area contributed by atoms with Crippen molar-refractivity contribution in [3.8, 4) is 0 Å². The van der Waals surface area contributed by atoms with E-state index in [1.807, 2.05) is 0 Å². The van der Waals surface area contributed by atoms with Crippen molar-refractivity contribution in [2.24, 2.45) is 7.05 Å². The molecule has 0 saturated carbocycles. The van der Waals surface area contributed by atoms with Crippen LogP contribution in [0.5, 0.6) is 0 Å². The van der Waals surface area contributed by atoms with E-state index < -0.39 is 0 Å². The molecule has 2 aromatic rings. The molecule has 2 heterocycles. The summed E-state index contributed by atoms with van der Waals surface area (Å²) in [6.07, 6.45) is 0. The van der Waals surface area contributed by atoms with Crippen LogP contribution in [0.2, 0.25) is 0 Å². The number of aromatic nitrogens is 1. The lowest BCUT2D eigenvalue weighted by molar-refractivity contribution is -0.00599. The molecule has 0 amide bonds. The lowest BCUT2D eigenvalue weighted by Gasteiger charge is -2.27. The van der Waals surface area contributed by atoms with Gasteiger partial charge in [0.05, 0.1) is 19.3 Å². The number of fused-ring (bicyclic) bond motifs is 1. The molecule has 3 rings (SSSR count). The van der Waals surface area contributed by atoms with Crippen LogP contribution in [0, 0.1) is 6.92 Å². The summed E-state index contributed by atoms with van der Waals surface area (Å²) in [5, 5.41) is 4.89. The third kappa shape index (κ3) is 1.75. The van der Waals surface area contributed by atoms with Crippen LogP contribution in [0.3, 0.4) is 0 Å². The van der Waals surface area contributed by atoms with Gasteiger partial charge in [-0.3, -0.25) is 0 Å². The fourth-order valence-electron chi connectivity index (χ4n) is 2.48. The molecule has 90 valence electrons. The van der Waals surface area contributed by atoms with Crippen molar-refractivity contribution in [3.63, 3.8) is 0 Å². The fraction of sp³-hybridized carbons (Fsp3) is 0.429. The molecular weight excluding hydrogens is 212 g/mol. The average Bonchev–Trinajstić information content (AvgIpc) is 2.53. The zero-order valence-electron chi connectivity index (χ0n) is 10.4. The van der Waals surface area contributed by atoms with Gasteiger partial charge in [0.15, 0.2) is 0 Å². The van der Waals surface area contributed by atoms with Gasteiger partial charge in [-0.05, 0) is 18.6 Å². The number of hydrogen-bond donors (Lipinski definition) is 1. The number of hydrogen-bond acceptors (Lipinski definition) is 2. The first kappa shape index (κ1) is 10.8. The van der Waals surface area contributed by atoms with Crippen molar-refractivity contribution < 1.29 is 4.74 Å². The highest BCUT2D eigenvalue weighted by molar-refractivity contribution is 5.85. The Labute approximate surface area is 101 Å². The van der Waals surface area contributed by atoms with E-state index in [0.717, 1.165) is 19.8 Å². The molecule has 0 spiro atoms. The molecular formula is C14H18N2O. The highest BCUT2D eigenvalue weighted by Crippen LogP contribution is 2.24. The van der Waals surface area contributed by atoms with E-state index in [4.69, 9.17) is 4.74 Å². The third-order valence-electron chi connectivity index (χ3n) is 3.70. The highest BCUT2D eigenvalue weighted by Gasteiger charge is 2.19. The first-order valence-electron chi connectivity index (χ1n) is 6.11. The molecule has 1 aliphatic heterocycles. The predicted octanol–water partition coefficient (Wildman–Crippen LogP) is 1.98. The zero-order valence-corrected chi connectivity index (χ0v) is 10.4. The molecule has 3 nitrogen and oxygen atoms in total. The number of nitrogens with one attached hydrogen (secondary N) is 1. The Morgan fingerprint density at radius 1 is 1.35 bits per heavy atom. The summed E-state index contributed by atoms with van der Waals surface area (Å²) in [7, 11) is 2.14. The topological polar surface area (TPSA) is 26.2 Å². The molecule has 0 unspecified atom stereocenters. The second kappa shape index (κ2) is 4.17. The third-order valence-corrected chi connectivity index (χ3v) is 3.70. The normalized spacial score (nSPS) is 16.4. The van der Waals surface area contributed by atoms with Crippen molar-refractivity contribution in [1.29, 1.82) is 0 Å². The summed E-state index contributed by atoms with van der Waals surface area (Å²) in [6, 6.07) is 9.11. The van der Waals surface area contributed by atoms with Gasteiger partial charge in [-0.15, -0.1) is 0 Å². The van der Waals surface area contributed by atoms with Crippen LogP contribution in [0.4, 0.5) is 0 Å². The van der Waals surface area contributed by atoms with Crippen molar-refractivity contribution >= 4 is 10.9 Å². The van der Waals surface area contributed by atoms with E-state index in [1.165, 1.54) is 22.2 Å². The smallest absolute Gasteiger partial charge is 0.0643 e. The van der Waals surface area contributed by atoms with E-state index in [0.29, 0.717) is 6.04 Å². The first-order chi connectivity index (χ1) is 8.27. The maximum Gasteiger partial charge on any atom is 0.0643 e. The van der Waals surface area contributed by atoms with Gasteiger partial charge >= 0.3 is 0 Å². The van der Waals surface area contributed by atoms with Crippen molar-refractivity contribution in [2.45, 2.75) is 19.5 Å². The summed E-state index contributed by atoms with van der Waals surface area (Å²) in [5.41, 5.74) is 4.07. The Morgan fingerprint density at radius 2 is 2.12 bits per heavy atom. The minimum atomic E-state index is 0.535. The molecule has 1 aliphatic rings. The molecule has 0 bridgehead atoms. The van der Waals surface area contributed by atoms with Crippen molar-refractivity contribution in [2.75, 3.05) is 13.2 Å². The van der Waals surface area contributed by atoms with Crippen LogP contribution in [-0.2, 0) is 18.3 Å². The standard InChI is InChI=1S/C14H18N2O/c1-10-12-5-3-4-6-13(12)16(2)14(10)7-15-11-8-17-9-11/h3-6,11,15H,7-9H2,1-2H3. The summed E-state index contributed by atoms with van der Waals surface area (Å²) < 4.78 is 7.46. The molecule has 1 saturated heterocycles. The number of benzene rings is 1. The first-order valence-corrected chi connectivity index (χ1v) is 6.11. The van der Waals surface area contributed by atoms with Gasteiger partial charge in [0.2, 0.25) is 0 Å². The Bertz CT molecular complexity index is 501. The Morgan fingerprint density at radius 3 is 2.76 bits per heavy atom. The van der Waals surface area contributed by atoms with Gasteiger partial charge in [0.1, 0.15) is 0 Å². The lowest BCUT2D eigenvalue weighted by Crippen LogP contribution is -2.45. The van der Waals surface area contributed by atoms with Gasteiger partial charge in [0.25, 0.3) is 0 Å². The molecule has 0 aliphatic carbocycles. The van der Waals surface area contributed by atoms with E-state index in [9.17, 15) is 0 Å². The minimum Gasteiger partial charge on any atom is -0.378 e. The number of aryl methyl sites for hydroxylation is 2. The quantitative estimate of drug-likeness (QED) is 0.872. The summed E-state index contributed by atoms with van der Waals surface area (Å²) in [5.74, 6) is 0. The number of nitrogens with zero attached hydrogens (tertiary/aromatic N) is 1. The van der Waals surface area contributed by atoms with Crippen LogP contribution in [0.15, 0.2) is 24.3 Å². The van der Waals surface area contributed by atoms with Crippen LogP contribution in [0.25, 0.3) is 10.9 Å². The van der Waals surface area contributed by atoms with Gasteiger partial charge in [-0.2, -0.15) is 0 Å². The molecule has 0 atom stereocenters. The summed E-state index contributed by atoms with van der Waals surface area (Å²) in [4.78, 5) is 0. The lowest BCUT2D eigenvalue weighted by atomic mass is 10.1. The van der Waals surface area contributed by atoms with Gasteiger partial charge < -0.3 is 14.6 Å². The Hall–Kier alpha value is -1.32. The second-order valence-corrected chi connectivity index (χ2v) is 4.76. The molecule has 1 N–H and O–H groups in total. The highest BCUT2D eigenvalue weighted by atomic mass is 16.5. The predicted molar refractivity (Wildman–Crippen MR) is 69.1 cm³/mol. The monoisotopic (exact) mass is 230 g/mol. The molecule has 3 heteroatoms. The number of para-hydroxylation sites is 1. The molecule has 1 aromatic heterocycles. The minimum absolute atomic E-state index is 0.535. The van der Waals surface area contributed by atoms with Crippen LogP contribution in [0.1, 0.15) is 11.3 Å². The fourth-order valence-corrected chi connectivity index (χ4v) is 2.48. The van der Waals surface area contributed by atoms with E-state index >= 15 is 0 Å². The largest absolute Gasteiger partial charge is 0.378 e. The molecule has 17 heavy (non-hydrogen) atoms. The van der Waals surface area contributed by atoms with Crippen molar-refractivity contribution in [3.05, 3.63) is 35.5 Å². The average molecular weight is 230 g/mol. The number of ether oxygens (including phenoxy) is 1. The SMILES string of the molecule is Cc1c(CNC2COC2)n(C)c2ccccc12. The van der Waals surface area contributed by atoms with Crippen LogP contribution < -0.4 is 5.32 Å². The second-order valence-electron chi connectivity index (χ2n) is 4.76. The van der Waals surface area contributed by atoms with Crippen molar-refractivity contribution in [1.82, 2.24) is 9.88 Å². The maximum atomic E-state index is 5.17. The van der Waals surface area contributed by atoms with Gasteiger partial charge in [-0.25, -0.2) is 0 Å².